The van der Waals surface area contributed by atoms with Crippen molar-refractivity contribution in [3.05, 3.63) is 23.8 Å². The summed E-state index contributed by atoms with van der Waals surface area (Å²) in [5, 5.41) is 7.37. The third kappa shape index (κ3) is 4.70. The molecule has 1 saturated heterocycles. The summed E-state index contributed by atoms with van der Waals surface area (Å²) in [6.07, 6.45) is 4.42. The highest BCUT2D eigenvalue weighted by Gasteiger charge is 2.15. The summed E-state index contributed by atoms with van der Waals surface area (Å²) < 4.78 is 0. The molecule has 104 valence electrons. The van der Waals surface area contributed by atoms with Gasteiger partial charge in [-0.3, -0.25) is 4.99 Å². The zero-order valence-electron chi connectivity index (χ0n) is 11.5. The average molecular weight is 279 g/mol. The van der Waals surface area contributed by atoms with E-state index in [0.717, 1.165) is 29.3 Å². The van der Waals surface area contributed by atoms with E-state index >= 15 is 0 Å². The largest absolute Gasteiger partial charge is 0.355 e. The lowest BCUT2D eigenvalue weighted by molar-refractivity contribution is 0.722. The second-order valence-electron chi connectivity index (χ2n) is 4.54. The summed E-state index contributed by atoms with van der Waals surface area (Å²) in [5.74, 6) is 2.92. The highest BCUT2D eigenvalue weighted by Crippen LogP contribution is 2.25. The van der Waals surface area contributed by atoms with Crippen molar-refractivity contribution in [2.45, 2.75) is 31.6 Å². The summed E-state index contributed by atoms with van der Waals surface area (Å²) in [6, 6.07) is 1.92. The molecule has 19 heavy (non-hydrogen) atoms. The number of hydrogen-bond donors (Lipinski definition) is 2. The van der Waals surface area contributed by atoms with E-state index in [2.05, 4.69) is 25.6 Å². The number of aryl methyl sites for hydroxylation is 1. The monoisotopic (exact) mass is 279 g/mol. The maximum Gasteiger partial charge on any atom is 0.191 e. The smallest absolute Gasteiger partial charge is 0.191 e. The molecule has 0 saturated carbocycles. The van der Waals surface area contributed by atoms with Gasteiger partial charge in [0.05, 0.1) is 12.2 Å². The molecule has 1 aromatic heterocycles. The molecule has 1 aromatic rings. The molecule has 0 aliphatic carbocycles. The Morgan fingerprint density at radius 3 is 3.11 bits per heavy atom. The van der Waals surface area contributed by atoms with Crippen LogP contribution in [-0.4, -0.2) is 40.5 Å². The van der Waals surface area contributed by atoms with Gasteiger partial charge < -0.3 is 10.6 Å². The van der Waals surface area contributed by atoms with Crippen LogP contribution in [0.1, 0.15) is 24.4 Å². The van der Waals surface area contributed by atoms with Crippen LogP contribution >= 0.6 is 11.8 Å². The quantitative estimate of drug-likeness (QED) is 0.643. The molecule has 5 nitrogen and oxygen atoms in total. The second kappa shape index (κ2) is 7.33. The Balaban J connectivity index is 1.76. The standard InChI is InChI=1S/C13H21N5S/c1-10-15-6-5-11(18-10)8-16-13(14-2)17-9-12-4-3-7-19-12/h5-6,12H,3-4,7-9H2,1-2H3,(H2,14,16,17). The first kappa shape index (κ1) is 14.1. The topological polar surface area (TPSA) is 62.2 Å². The zero-order chi connectivity index (χ0) is 13.5. The van der Waals surface area contributed by atoms with E-state index in [0.29, 0.717) is 6.54 Å². The van der Waals surface area contributed by atoms with Gasteiger partial charge in [0.15, 0.2) is 5.96 Å². The van der Waals surface area contributed by atoms with Crippen LogP contribution in [0.3, 0.4) is 0 Å². The zero-order valence-corrected chi connectivity index (χ0v) is 12.3. The number of hydrogen-bond acceptors (Lipinski definition) is 4. The first-order chi connectivity index (χ1) is 9.28. The van der Waals surface area contributed by atoms with Gasteiger partial charge in [0.2, 0.25) is 0 Å². The molecule has 0 bridgehead atoms. The third-order valence-electron chi connectivity index (χ3n) is 3.02. The van der Waals surface area contributed by atoms with Crippen molar-refractivity contribution in [3.8, 4) is 0 Å². The number of thioether (sulfide) groups is 1. The summed E-state index contributed by atoms with van der Waals surface area (Å²) in [6.45, 7) is 3.54. The van der Waals surface area contributed by atoms with E-state index < -0.39 is 0 Å². The summed E-state index contributed by atoms with van der Waals surface area (Å²) in [4.78, 5) is 12.7. The Morgan fingerprint density at radius 2 is 2.42 bits per heavy atom. The van der Waals surface area contributed by atoms with Gasteiger partial charge in [0.1, 0.15) is 5.82 Å². The van der Waals surface area contributed by atoms with Crippen molar-refractivity contribution in [3.63, 3.8) is 0 Å². The highest BCUT2D eigenvalue weighted by molar-refractivity contribution is 8.00. The molecule has 0 spiro atoms. The molecular weight excluding hydrogens is 258 g/mol. The summed E-state index contributed by atoms with van der Waals surface area (Å²) in [5.41, 5.74) is 0.977. The van der Waals surface area contributed by atoms with Gasteiger partial charge in [0.25, 0.3) is 0 Å². The molecule has 2 N–H and O–H groups in total. The van der Waals surface area contributed by atoms with Crippen molar-refractivity contribution in [1.82, 2.24) is 20.6 Å². The molecule has 0 aromatic carbocycles. The molecule has 1 unspecified atom stereocenters. The number of aliphatic imine (C=N–C) groups is 1. The molecule has 0 radical (unpaired) electrons. The van der Waals surface area contributed by atoms with Gasteiger partial charge in [-0.05, 0) is 31.6 Å². The Morgan fingerprint density at radius 1 is 1.53 bits per heavy atom. The fraction of sp³-hybridized carbons (Fsp3) is 0.615. The normalized spacial score (nSPS) is 19.5. The fourth-order valence-corrected chi connectivity index (χ4v) is 3.22. The van der Waals surface area contributed by atoms with Crippen LogP contribution in [0, 0.1) is 6.92 Å². The SMILES string of the molecule is CN=C(NCc1ccnc(C)n1)NCC1CCCS1. The van der Waals surface area contributed by atoms with Crippen molar-refractivity contribution in [2.24, 2.45) is 4.99 Å². The molecular formula is C13H21N5S. The molecule has 1 aliphatic heterocycles. The van der Waals surface area contributed by atoms with Gasteiger partial charge in [-0.25, -0.2) is 9.97 Å². The molecule has 2 rings (SSSR count). The molecule has 2 heterocycles. The lowest BCUT2D eigenvalue weighted by atomic mass is 10.2. The number of rotatable bonds is 4. The van der Waals surface area contributed by atoms with Crippen molar-refractivity contribution in [2.75, 3.05) is 19.3 Å². The van der Waals surface area contributed by atoms with Crippen molar-refractivity contribution in [1.29, 1.82) is 0 Å². The third-order valence-corrected chi connectivity index (χ3v) is 4.41. The van der Waals surface area contributed by atoms with Crippen LogP contribution in [0.5, 0.6) is 0 Å². The van der Waals surface area contributed by atoms with Gasteiger partial charge in [-0.1, -0.05) is 0 Å². The molecule has 6 heteroatoms. The van der Waals surface area contributed by atoms with Crippen LogP contribution in [0.25, 0.3) is 0 Å². The van der Waals surface area contributed by atoms with E-state index in [1.165, 1.54) is 18.6 Å². The number of aromatic nitrogens is 2. The Bertz CT molecular complexity index is 429. The second-order valence-corrected chi connectivity index (χ2v) is 5.95. The predicted molar refractivity (Wildman–Crippen MR) is 80.5 cm³/mol. The van der Waals surface area contributed by atoms with Crippen molar-refractivity contribution < 1.29 is 0 Å². The van der Waals surface area contributed by atoms with Crippen LogP contribution in [0.4, 0.5) is 0 Å². The lowest BCUT2D eigenvalue weighted by Gasteiger charge is -2.14. The Labute approximate surface area is 118 Å². The van der Waals surface area contributed by atoms with E-state index in [1.807, 2.05) is 24.8 Å². The maximum atomic E-state index is 4.36. The van der Waals surface area contributed by atoms with Crippen LogP contribution < -0.4 is 10.6 Å². The molecule has 1 atom stereocenters. The predicted octanol–water partition coefficient (Wildman–Crippen LogP) is 1.35. The highest BCUT2D eigenvalue weighted by atomic mass is 32.2. The van der Waals surface area contributed by atoms with E-state index in [-0.39, 0.29) is 0 Å². The van der Waals surface area contributed by atoms with Gasteiger partial charge >= 0.3 is 0 Å². The van der Waals surface area contributed by atoms with Crippen LogP contribution in [0.15, 0.2) is 17.3 Å². The maximum absolute atomic E-state index is 4.36. The Hall–Kier alpha value is -1.30. The minimum atomic E-state index is 0.668. The van der Waals surface area contributed by atoms with Crippen LogP contribution in [-0.2, 0) is 6.54 Å². The summed E-state index contributed by atoms with van der Waals surface area (Å²) >= 11 is 2.05. The van der Waals surface area contributed by atoms with Crippen molar-refractivity contribution >= 4 is 17.7 Å². The van der Waals surface area contributed by atoms with Gasteiger partial charge in [-0.2, -0.15) is 11.8 Å². The minimum Gasteiger partial charge on any atom is -0.355 e. The lowest BCUT2D eigenvalue weighted by Crippen LogP contribution is -2.39. The first-order valence-corrected chi connectivity index (χ1v) is 7.67. The van der Waals surface area contributed by atoms with E-state index in [4.69, 9.17) is 0 Å². The Kier molecular flexibility index (Phi) is 5.44. The average Bonchev–Trinajstić information content (AvgIpc) is 2.92. The van der Waals surface area contributed by atoms with Gasteiger partial charge in [-0.15, -0.1) is 0 Å². The number of nitrogens with one attached hydrogen (secondary N) is 2. The number of nitrogens with zero attached hydrogens (tertiary/aromatic N) is 3. The number of guanidine groups is 1. The molecule has 1 fully saturated rings. The van der Waals surface area contributed by atoms with Crippen LogP contribution in [0.2, 0.25) is 0 Å². The molecule has 1 aliphatic rings. The fourth-order valence-electron chi connectivity index (χ4n) is 2.01. The summed E-state index contributed by atoms with van der Waals surface area (Å²) in [7, 11) is 1.79. The van der Waals surface area contributed by atoms with E-state index in [1.54, 1.807) is 13.2 Å². The van der Waals surface area contributed by atoms with E-state index in [9.17, 15) is 0 Å². The first-order valence-electron chi connectivity index (χ1n) is 6.62. The minimum absolute atomic E-state index is 0.668. The van der Waals surface area contributed by atoms with Gasteiger partial charge in [0, 0.05) is 25.0 Å². The molecule has 0 amide bonds.